The minimum Gasteiger partial charge on any atom is -0.486 e. The van der Waals surface area contributed by atoms with Gasteiger partial charge in [0.15, 0.2) is 28.4 Å². The molecule has 30 heavy (non-hydrogen) atoms. The number of ether oxygens (including phenoxy) is 3. The summed E-state index contributed by atoms with van der Waals surface area (Å²) in [4.78, 5) is 0.703. The first kappa shape index (κ1) is 18.9. The molecule has 3 heterocycles. The fourth-order valence-corrected chi connectivity index (χ4v) is 4.03. The van der Waals surface area contributed by atoms with Crippen molar-refractivity contribution in [3.05, 3.63) is 64.9 Å². The third-order valence-corrected chi connectivity index (χ3v) is 5.81. The maximum Gasteiger partial charge on any atom is 0.234 e. The molecule has 1 aliphatic heterocycles. The molecule has 0 N–H and O–H groups in total. The normalized spacial score (nSPS) is 16.0. The van der Waals surface area contributed by atoms with Crippen LogP contribution < -0.4 is 14.2 Å². The average molecular weight is 423 g/mol. The third kappa shape index (κ3) is 3.59. The molecule has 2 aromatic heterocycles. The quantitative estimate of drug-likeness (QED) is 0.480. The lowest BCUT2D eigenvalue weighted by molar-refractivity contribution is 0.0835. The Bertz CT molecular complexity index is 1180. The molecule has 0 fully saturated rings. The molecule has 154 valence electrons. The Balaban J connectivity index is 1.30. The van der Waals surface area contributed by atoms with Crippen LogP contribution in [0.25, 0.3) is 4.96 Å². The lowest BCUT2D eigenvalue weighted by Gasteiger charge is -2.24. The molecule has 1 aliphatic rings. The van der Waals surface area contributed by atoms with Crippen LogP contribution in [0.5, 0.6) is 17.2 Å². The fourth-order valence-electron chi connectivity index (χ4n) is 3.27. The summed E-state index contributed by atoms with van der Waals surface area (Å²) in [5.74, 6) is 2.87. The van der Waals surface area contributed by atoms with Crippen LogP contribution in [0, 0.1) is 0 Å². The highest BCUT2D eigenvalue weighted by atomic mass is 32.1. The van der Waals surface area contributed by atoms with Gasteiger partial charge in [0.1, 0.15) is 19.0 Å². The Labute approximate surface area is 178 Å². The van der Waals surface area contributed by atoms with Crippen LogP contribution >= 0.6 is 11.3 Å². The molecule has 0 radical (unpaired) electrons. The molecular weight excluding hydrogens is 400 g/mol. The zero-order valence-corrected chi connectivity index (χ0v) is 17.8. The molecule has 0 saturated carbocycles. The molecule has 1 atom stereocenters. The van der Waals surface area contributed by atoms with Crippen LogP contribution in [0.4, 0.5) is 0 Å². The zero-order chi connectivity index (χ0) is 20.7. The molecule has 8 heteroatoms. The highest BCUT2D eigenvalue weighted by Gasteiger charge is 2.28. The summed E-state index contributed by atoms with van der Waals surface area (Å²) in [7, 11) is 0. The molecule has 4 aromatic rings. The summed E-state index contributed by atoms with van der Waals surface area (Å²) < 4.78 is 19.5. The summed E-state index contributed by atoms with van der Waals surface area (Å²) in [5, 5.41) is 13.9. The van der Waals surface area contributed by atoms with E-state index in [0.717, 1.165) is 16.5 Å². The molecular formula is C22H22N4O3S. The maximum atomic E-state index is 6.05. The summed E-state index contributed by atoms with van der Waals surface area (Å²) in [6.45, 7) is 7.31. The smallest absolute Gasteiger partial charge is 0.234 e. The van der Waals surface area contributed by atoms with E-state index in [2.05, 4.69) is 48.2 Å². The summed E-state index contributed by atoms with van der Waals surface area (Å²) >= 11 is 1.45. The van der Waals surface area contributed by atoms with Gasteiger partial charge >= 0.3 is 0 Å². The Morgan fingerprint density at radius 2 is 1.83 bits per heavy atom. The van der Waals surface area contributed by atoms with Gasteiger partial charge in [-0.2, -0.15) is 9.61 Å². The summed E-state index contributed by atoms with van der Waals surface area (Å²) in [6.07, 6.45) is -0.365. The van der Waals surface area contributed by atoms with Crippen molar-refractivity contribution < 1.29 is 14.2 Å². The van der Waals surface area contributed by atoms with Crippen molar-refractivity contribution in [2.75, 3.05) is 6.61 Å². The maximum absolute atomic E-state index is 6.05. The summed E-state index contributed by atoms with van der Waals surface area (Å²) in [5.41, 5.74) is 1.39. The molecule has 0 bridgehead atoms. The monoisotopic (exact) mass is 422 g/mol. The lowest BCUT2D eigenvalue weighted by atomic mass is 9.87. The topological polar surface area (TPSA) is 70.8 Å². The second-order valence-electron chi connectivity index (χ2n) is 8.18. The first-order valence-electron chi connectivity index (χ1n) is 9.80. The van der Waals surface area contributed by atoms with Crippen LogP contribution in [-0.2, 0) is 12.0 Å². The number of benzene rings is 2. The Morgan fingerprint density at radius 1 is 1.07 bits per heavy atom. The van der Waals surface area contributed by atoms with Crippen LogP contribution in [0.1, 0.15) is 43.3 Å². The van der Waals surface area contributed by atoms with Gasteiger partial charge in [-0.3, -0.25) is 0 Å². The highest BCUT2D eigenvalue weighted by molar-refractivity contribution is 7.16. The van der Waals surface area contributed by atoms with Gasteiger partial charge < -0.3 is 14.2 Å². The van der Waals surface area contributed by atoms with E-state index >= 15 is 0 Å². The van der Waals surface area contributed by atoms with Crippen molar-refractivity contribution in [1.82, 2.24) is 19.8 Å². The van der Waals surface area contributed by atoms with E-state index in [9.17, 15) is 0 Å². The van der Waals surface area contributed by atoms with Gasteiger partial charge in [-0.05, 0) is 35.2 Å². The van der Waals surface area contributed by atoms with Gasteiger partial charge in [0.05, 0.1) is 0 Å². The summed E-state index contributed by atoms with van der Waals surface area (Å²) in [6, 6.07) is 15.8. The minimum absolute atomic E-state index is 0.119. The lowest BCUT2D eigenvalue weighted by Crippen LogP contribution is -2.23. The first-order valence-corrected chi connectivity index (χ1v) is 10.6. The molecule has 0 unspecified atom stereocenters. The number of nitrogens with zero attached hydrogens (tertiary/aromatic N) is 4. The number of hydrogen-bond donors (Lipinski definition) is 0. The third-order valence-electron chi connectivity index (χ3n) is 4.94. The molecule has 0 aliphatic carbocycles. The predicted molar refractivity (Wildman–Crippen MR) is 113 cm³/mol. The van der Waals surface area contributed by atoms with Gasteiger partial charge in [-0.1, -0.05) is 56.4 Å². The SMILES string of the molecule is CC(C)(C)c1ccc(OCc2nn3c([C@H]4COc5ccccc5O4)nnc3s2)cc1. The van der Waals surface area contributed by atoms with Gasteiger partial charge in [0.2, 0.25) is 4.96 Å². The van der Waals surface area contributed by atoms with Crippen molar-refractivity contribution in [2.24, 2.45) is 0 Å². The number of para-hydroxylation sites is 2. The van der Waals surface area contributed by atoms with Crippen LogP contribution in [0.3, 0.4) is 0 Å². The minimum atomic E-state index is -0.365. The van der Waals surface area contributed by atoms with Crippen molar-refractivity contribution in [1.29, 1.82) is 0 Å². The van der Waals surface area contributed by atoms with Crippen molar-refractivity contribution >= 4 is 16.3 Å². The second-order valence-corrected chi connectivity index (χ2v) is 9.22. The van der Waals surface area contributed by atoms with E-state index < -0.39 is 0 Å². The molecule has 0 amide bonds. The van der Waals surface area contributed by atoms with Crippen LogP contribution in [0.15, 0.2) is 48.5 Å². The Kier molecular flexibility index (Phi) is 4.58. The number of rotatable bonds is 4. The van der Waals surface area contributed by atoms with E-state index in [1.807, 2.05) is 36.4 Å². The van der Waals surface area contributed by atoms with Gasteiger partial charge in [-0.15, -0.1) is 10.2 Å². The highest BCUT2D eigenvalue weighted by Crippen LogP contribution is 2.35. The second kappa shape index (κ2) is 7.28. The number of fused-ring (bicyclic) bond motifs is 2. The Hall–Kier alpha value is -3.13. The van der Waals surface area contributed by atoms with E-state index in [1.54, 1.807) is 4.52 Å². The molecule has 0 saturated heterocycles. The van der Waals surface area contributed by atoms with Crippen molar-refractivity contribution in [2.45, 2.75) is 38.9 Å². The molecule has 5 rings (SSSR count). The standard InChI is InChI=1S/C22H22N4O3S/c1-22(2,3)14-8-10-15(11-9-14)27-13-19-25-26-20(23-24-21(26)30-19)18-12-28-16-6-4-5-7-17(16)29-18/h4-11,18H,12-13H2,1-3H3/t18-/m1/s1. The van der Waals surface area contributed by atoms with Crippen LogP contribution in [-0.4, -0.2) is 26.4 Å². The Morgan fingerprint density at radius 3 is 2.60 bits per heavy atom. The van der Waals surface area contributed by atoms with Gasteiger partial charge in [-0.25, -0.2) is 0 Å². The fraction of sp³-hybridized carbons (Fsp3) is 0.318. The molecule has 2 aromatic carbocycles. The number of aromatic nitrogens is 4. The molecule has 7 nitrogen and oxygen atoms in total. The van der Waals surface area contributed by atoms with Crippen molar-refractivity contribution in [3.8, 4) is 17.2 Å². The van der Waals surface area contributed by atoms with E-state index in [0.29, 0.717) is 29.7 Å². The van der Waals surface area contributed by atoms with E-state index in [-0.39, 0.29) is 11.5 Å². The first-order chi connectivity index (χ1) is 14.5. The number of hydrogen-bond acceptors (Lipinski definition) is 7. The zero-order valence-electron chi connectivity index (χ0n) is 17.0. The predicted octanol–water partition coefficient (Wildman–Crippen LogP) is 4.57. The van der Waals surface area contributed by atoms with Crippen molar-refractivity contribution in [3.63, 3.8) is 0 Å². The van der Waals surface area contributed by atoms with E-state index in [4.69, 9.17) is 14.2 Å². The van der Waals surface area contributed by atoms with Gasteiger partial charge in [0, 0.05) is 0 Å². The van der Waals surface area contributed by atoms with E-state index in [1.165, 1.54) is 16.9 Å². The largest absolute Gasteiger partial charge is 0.486 e. The van der Waals surface area contributed by atoms with Crippen LogP contribution in [0.2, 0.25) is 0 Å². The molecule has 0 spiro atoms. The average Bonchev–Trinajstić information content (AvgIpc) is 3.32. The van der Waals surface area contributed by atoms with Gasteiger partial charge in [0.25, 0.3) is 0 Å².